The molecule has 0 fully saturated rings. The Kier molecular flexibility index (Phi) is 11.1. The van der Waals surface area contributed by atoms with E-state index in [4.69, 9.17) is 14.3 Å². The minimum absolute atomic E-state index is 0.0178. The number of β-amino-alcohol motifs (C(OH)–C–C–N with tert-alkyl or cyclic N) is 1. The second-order valence-electron chi connectivity index (χ2n) is 7.80. The largest absolute Gasteiger partial charge is 0.462 e. The van der Waals surface area contributed by atoms with Crippen molar-refractivity contribution < 1.29 is 29.0 Å². The lowest BCUT2D eigenvalue weighted by atomic mass is 9.92. The maximum Gasteiger partial charge on any atom is 0.347 e. The van der Waals surface area contributed by atoms with Crippen LogP contribution < -0.4 is 5.32 Å². The van der Waals surface area contributed by atoms with Gasteiger partial charge in [0.15, 0.2) is 0 Å². The summed E-state index contributed by atoms with van der Waals surface area (Å²) in [6.07, 6.45) is 2.00. The van der Waals surface area contributed by atoms with Crippen LogP contribution in [0.25, 0.3) is 0 Å². The Morgan fingerprint density at radius 1 is 1.03 bits per heavy atom. The van der Waals surface area contributed by atoms with Crippen molar-refractivity contribution in [1.29, 1.82) is 0 Å². The highest BCUT2D eigenvalue weighted by Gasteiger charge is 2.27. The number of carbonyl (C=O) groups is 2. The fourth-order valence-corrected chi connectivity index (χ4v) is 3.44. The Balaban J connectivity index is 1.98. The Labute approximate surface area is 204 Å². The number of nitrogens with zero attached hydrogens (tertiary/aromatic N) is 1. The van der Waals surface area contributed by atoms with Gasteiger partial charge in [-0.05, 0) is 56.9 Å². The van der Waals surface area contributed by atoms with Gasteiger partial charge in [-0.25, -0.2) is 9.59 Å². The molecule has 0 spiro atoms. The van der Waals surface area contributed by atoms with Crippen LogP contribution in [0.5, 0.6) is 0 Å². The number of hydrogen-bond donors (Lipinski definition) is 2. The molecule has 0 aliphatic rings. The van der Waals surface area contributed by atoms with Gasteiger partial charge in [0.2, 0.25) is 6.61 Å². The molecule has 0 bridgehead atoms. The second kappa shape index (κ2) is 13.7. The van der Waals surface area contributed by atoms with Gasteiger partial charge in [0.05, 0.1) is 24.3 Å². The quantitative estimate of drug-likeness (QED) is 0.191. The summed E-state index contributed by atoms with van der Waals surface area (Å²) in [4.78, 5) is 30.3. The zero-order valence-electron chi connectivity index (χ0n) is 20.0. The number of thioether (sulfide) groups is 1. The number of carbonyl (C=O) groups excluding carboxylic acids is 2. The first-order chi connectivity index (χ1) is 16.3. The summed E-state index contributed by atoms with van der Waals surface area (Å²) in [5.41, 5.74) is 1.98. The van der Waals surface area contributed by atoms with Crippen molar-refractivity contribution in [1.82, 2.24) is 5.32 Å². The van der Waals surface area contributed by atoms with E-state index in [9.17, 15) is 14.7 Å². The van der Waals surface area contributed by atoms with E-state index in [1.165, 1.54) is 0 Å². The van der Waals surface area contributed by atoms with Gasteiger partial charge < -0.3 is 24.7 Å². The highest BCUT2D eigenvalue weighted by Crippen LogP contribution is 2.19. The van der Waals surface area contributed by atoms with Crippen LogP contribution in [-0.2, 0) is 25.7 Å². The van der Waals surface area contributed by atoms with Crippen LogP contribution in [-0.4, -0.2) is 60.9 Å². The molecule has 0 aliphatic carbocycles. The number of ether oxygens (including phenoxy) is 2. The number of aliphatic hydroxyl groups excluding tert-OH is 1. The summed E-state index contributed by atoms with van der Waals surface area (Å²) >= 11 is 1.64. The SMILES string of the molecule is CCOC(=O)c1ccc(COC(=O)CO/N=C(/c2ccc(SC)cc2)C(C)(C)NCCO)cc1. The van der Waals surface area contributed by atoms with E-state index in [2.05, 4.69) is 10.5 Å². The fraction of sp³-hybridized carbons (Fsp3) is 0.400. The van der Waals surface area contributed by atoms with Crippen LogP contribution >= 0.6 is 11.8 Å². The van der Waals surface area contributed by atoms with Crippen LogP contribution in [0.1, 0.15) is 42.3 Å². The maximum atomic E-state index is 12.2. The molecule has 9 heteroatoms. The predicted octanol–water partition coefficient (Wildman–Crippen LogP) is 3.41. The van der Waals surface area contributed by atoms with Crippen molar-refractivity contribution in [2.45, 2.75) is 37.8 Å². The third kappa shape index (κ3) is 8.48. The molecule has 0 amide bonds. The molecule has 0 saturated carbocycles. The molecule has 2 rings (SSSR count). The van der Waals surface area contributed by atoms with Gasteiger partial charge >= 0.3 is 11.9 Å². The third-order valence-corrected chi connectivity index (χ3v) is 5.58. The van der Waals surface area contributed by atoms with Crippen LogP contribution in [0, 0.1) is 0 Å². The molecule has 0 aromatic heterocycles. The minimum Gasteiger partial charge on any atom is -0.462 e. The lowest BCUT2D eigenvalue weighted by molar-refractivity contribution is -0.150. The first-order valence-electron chi connectivity index (χ1n) is 10.9. The van der Waals surface area contributed by atoms with Crippen LogP contribution in [0.4, 0.5) is 0 Å². The number of hydrogen-bond acceptors (Lipinski definition) is 9. The topological polar surface area (TPSA) is 106 Å². The van der Waals surface area contributed by atoms with E-state index < -0.39 is 17.5 Å². The molecule has 0 saturated heterocycles. The molecule has 34 heavy (non-hydrogen) atoms. The lowest BCUT2D eigenvalue weighted by Crippen LogP contribution is -2.48. The summed E-state index contributed by atoms with van der Waals surface area (Å²) in [5, 5.41) is 16.7. The Bertz CT molecular complexity index is 958. The van der Waals surface area contributed by atoms with Gasteiger partial charge in [-0.2, -0.15) is 0 Å². The van der Waals surface area contributed by atoms with E-state index in [0.717, 1.165) is 16.0 Å². The first-order valence-corrected chi connectivity index (χ1v) is 12.2. The molecule has 2 aromatic rings. The Morgan fingerprint density at radius 2 is 1.68 bits per heavy atom. The van der Waals surface area contributed by atoms with E-state index in [1.807, 2.05) is 44.4 Å². The number of esters is 2. The van der Waals surface area contributed by atoms with Gasteiger partial charge in [0.25, 0.3) is 0 Å². The molecule has 0 heterocycles. The normalized spacial score (nSPS) is 11.7. The van der Waals surface area contributed by atoms with Gasteiger partial charge in [-0.1, -0.05) is 29.4 Å². The van der Waals surface area contributed by atoms with Gasteiger partial charge in [0.1, 0.15) is 12.3 Å². The first kappa shape index (κ1) is 27.4. The average molecular weight is 489 g/mol. The van der Waals surface area contributed by atoms with Crippen molar-refractivity contribution in [3.63, 3.8) is 0 Å². The molecule has 8 nitrogen and oxygen atoms in total. The van der Waals surface area contributed by atoms with Gasteiger partial charge in [-0.3, -0.25) is 0 Å². The van der Waals surface area contributed by atoms with Crippen molar-refractivity contribution >= 4 is 29.4 Å². The number of aliphatic hydroxyl groups is 1. The van der Waals surface area contributed by atoms with Crippen LogP contribution in [0.15, 0.2) is 58.6 Å². The third-order valence-electron chi connectivity index (χ3n) is 4.84. The summed E-state index contributed by atoms with van der Waals surface area (Å²) in [6, 6.07) is 14.5. The molecule has 2 aromatic carbocycles. The highest BCUT2D eigenvalue weighted by atomic mass is 32.2. The molecule has 0 radical (unpaired) electrons. The monoisotopic (exact) mass is 488 g/mol. The predicted molar refractivity (Wildman–Crippen MR) is 132 cm³/mol. The van der Waals surface area contributed by atoms with E-state index in [1.54, 1.807) is 43.0 Å². The standard InChI is InChI=1S/C25H32N2O6S/c1-5-31-24(30)20-8-6-18(7-9-20)16-32-22(29)17-33-27-23(25(2,3)26-14-15-28)19-10-12-21(34-4)13-11-19/h6-13,26,28H,5,14-17H2,1-4H3/b27-23-. The molecule has 2 N–H and O–H groups in total. The zero-order valence-corrected chi connectivity index (χ0v) is 20.8. The number of benzene rings is 2. The fourth-order valence-electron chi connectivity index (χ4n) is 3.04. The number of rotatable bonds is 13. The molecule has 0 aliphatic heterocycles. The van der Waals surface area contributed by atoms with Crippen molar-refractivity contribution in [2.75, 3.05) is 32.6 Å². The van der Waals surface area contributed by atoms with E-state index >= 15 is 0 Å². The number of oxime groups is 1. The van der Waals surface area contributed by atoms with Crippen molar-refractivity contribution in [3.05, 3.63) is 65.2 Å². The Morgan fingerprint density at radius 3 is 2.26 bits per heavy atom. The molecular formula is C25H32N2O6S. The van der Waals surface area contributed by atoms with E-state index in [0.29, 0.717) is 24.4 Å². The molecule has 0 unspecified atom stereocenters. The second-order valence-corrected chi connectivity index (χ2v) is 8.67. The molecular weight excluding hydrogens is 456 g/mol. The maximum absolute atomic E-state index is 12.2. The Hall–Kier alpha value is -2.88. The van der Waals surface area contributed by atoms with Gasteiger partial charge in [-0.15, -0.1) is 11.8 Å². The van der Waals surface area contributed by atoms with E-state index in [-0.39, 0.29) is 19.8 Å². The van der Waals surface area contributed by atoms with Gasteiger partial charge in [0, 0.05) is 17.0 Å². The summed E-state index contributed by atoms with van der Waals surface area (Å²) < 4.78 is 10.2. The average Bonchev–Trinajstić information content (AvgIpc) is 2.84. The summed E-state index contributed by atoms with van der Waals surface area (Å²) in [7, 11) is 0. The molecule has 184 valence electrons. The smallest absolute Gasteiger partial charge is 0.347 e. The van der Waals surface area contributed by atoms with Crippen molar-refractivity contribution in [3.8, 4) is 0 Å². The highest BCUT2D eigenvalue weighted by molar-refractivity contribution is 7.98. The minimum atomic E-state index is -0.617. The summed E-state index contributed by atoms with van der Waals surface area (Å²) in [6.45, 7) is 5.94. The van der Waals surface area contributed by atoms with Crippen LogP contribution in [0.3, 0.4) is 0 Å². The lowest BCUT2D eigenvalue weighted by Gasteiger charge is -2.27. The zero-order chi connectivity index (χ0) is 25.0. The van der Waals surface area contributed by atoms with Crippen molar-refractivity contribution in [2.24, 2.45) is 5.16 Å². The summed E-state index contributed by atoms with van der Waals surface area (Å²) in [5.74, 6) is -0.968. The number of nitrogens with one attached hydrogen (secondary N) is 1. The van der Waals surface area contributed by atoms with Crippen LogP contribution in [0.2, 0.25) is 0 Å². The molecule has 0 atom stereocenters.